The Morgan fingerprint density at radius 2 is 1.79 bits per heavy atom. The van der Waals surface area contributed by atoms with Crippen molar-refractivity contribution in [1.82, 2.24) is 4.57 Å². The number of hydrogen-bond acceptors (Lipinski definition) is 5. The number of aromatic nitrogens is 1. The number of benzene rings is 2. The summed E-state index contributed by atoms with van der Waals surface area (Å²) in [7, 11) is -3.82. The second-order valence-electron chi connectivity index (χ2n) is 6.52. The maximum Gasteiger partial charge on any atom is 0.311 e. The number of ether oxygens (including phenoxy) is 1. The molecule has 0 fully saturated rings. The third-order valence-corrected chi connectivity index (χ3v) is 5.64. The normalized spacial score (nSPS) is 11.6. The van der Waals surface area contributed by atoms with E-state index in [4.69, 9.17) is 8.92 Å². The van der Waals surface area contributed by atoms with Gasteiger partial charge in [-0.1, -0.05) is 36.8 Å². The van der Waals surface area contributed by atoms with Crippen molar-refractivity contribution >= 4 is 27.0 Å². The largest absolute Gasteiger partial charge is 0.424 e. The second-order valence-corrected chi connectivity index (χ2v) is 8.13. The van der Waals surface area contributed by atoms with Gasteiger partial charge in [-0.3, -0.25) is 8.98 Å². The standard InChI is InChI=1S/C21H23NO5S/c1-3-6-21(23)27-20-15-22(19-8-5-4-7-18(19)20)13-14-26-28(24,25)17-11-9-16(2)10-12-17/h4-5,7-12,15H,3,6,13-14H2,1-2H3. The van der Waals surface area contributed by atoms with Gasteiger partial charge in [-0.05, 0) is 37.6 Å². The van der Waals surface area contributed by atoms with Gasteiger partial charge in [0, 0.05) is 24.5 Å². The molecule has 0 aliphatic carbocycles. The average molecular weight is 401 g/mol. The zero-order valence-corrected chi connectivity index (χ0v) is 16.7. The van der Waals surface area contributed by atoms with E-state index in [1.807, 2.05) is 42.7 Å². The fraction of sp³-hybridized carbons (Fsp3) is 0.286. The number of aryl methyl sites for hydroxylation is 1. The van der Waals surface area contributed by atoms with Crippen LogP contribution >= 0.6 is 0 Å². The van der Waals surface area contributed by atoms with Crippen molar-refractivity contribution in [2.75, 3.05) is 6.61 Å². The third-order valence-electron chi connectivity index (χ3n) is 4.31. The fourth-order valence-electron chi connectivity index (χ4n) is 2.88. The molecule has 0 bridgehead atoms. The van der Waals surface area contributed by atoms with Crippen LogP contribution in [0.3, 0.4) is 0 Å². The molecule has 1 heterocycles. The summed E-state index contributed by atoms with van der Waals surface area (Å²) in [4.78, 5) is 12.0. The quantitative estimate of drug-likeness (QED) is 0.420. The molecule has 6 nitrogen and oxygen atoms in total. The molecule has 0 unspecified atom stereocenters. The van der Waals surface area contributed by atoms with Gasteiger partial charge in [-0.25, -0.2) is 0 Å². The molecule has 0 saturated carbocycles. The van der Waals surface area contributed by atoms with E-state index in [1.54, 1.807) is 18.3 Å². The highest BCUT2D eigenvalue weighted by molar-refractivity contribution is 7.86. The van der Waals surface area contributed by atoms with Crippen LogP contribution in [-0.2, 0) is 25.6 Å². The number of rotatable bonds is 8. The Hall–Kier alpha value is -2.64. The first kappa shape index (κ1) is 20.1. The zero-order valence-electron chi connectivity index (χ0n) is 15.9. The van der Waals surface area contributed by atoms with Gasteiger partial charge in [0.15, 0.2) is 5.75 Å². The van der Waals surface area contributed by atoms with Crippen molar-refractivity contribution in [1.29, 1.82) is 0 Å². The monoisotopic (exact) mass is 401 g/mol. The first-order chi connectivity index (χ1) is 13.4. The maximum atomic E-state index is 12.3. The molecule has 0 amide bonds. The first-order valence-electron chi connectivity index (χ1n) is 9.15. The van der Waals surface area contributed by atoms with E-state index < -0.39 is 10.1 Å². The molecule has 3 aromatic rings. The predicted octanol–water partition coefficient (Wildman–Crippen LogP) is 4.06. The van der Waals surface area contributed by atoms with E-state index in [2.05, 4.69) is 0 Å². The molecule has 0 aliphatic heterocycles. The van der Waals surface area contributed by atoms with Gasteiger partial charge in [0.05, 0.1) is 17.0 Å². The van der Waals surface area contributed by atoms with Crippen LogP contribution in [0.4, 0.5) is 0 Å². The van der Waals surface area contributed by atoms with Crippen molar-refractivity contribution < 1.29 is 22.1 Å². The molecule has 2 aromatic carbocycles. The summed E-state index contributed by atoms with van der Waals surface area (Å²) < 4.78 is 37.1. The highest BCUT2D eigenvalue weighted by Crippen LogP contribution is 2.28. The minimum Gasteiger partial charge on any atom is -0.424 e. The highest BCUT2D eigenvalue weighted by Gasteiger charge is 2.16. The minimum atomic E-state index is -3.82. The van der Waals surface area contributed by atoms with E-state index in [9.17, 15) is 13.2 Å². The zero-order chi connectivity index (χ0) is 20.1. The molecule has 148 valence electrons. The van der Waals surface area contributed by atoms with Gasteiger partial charge in [-0.15, -0.1) is 0 Å². The molecule has 0 radical (unpaired) electrons. The molecule has 0 atom stereocenters. The van der Waals surface area contributed by atoms with E-state index in [0.717, 1.165) is 16.5 Å². The van der Waals surface area contributed by atoms with Crippen LogP contribution in [0.5, 0.6) is 5.75 Å². The number of nitrogens with zero attached hydrogens (tertiary/aromatic N) is 1. The lowest BCUT2D eigenvalue weighted by Gasteiger charge is -2.08. The van der Waals surface area contributed by atoms with Crippen molar-refractivity contribution in [3.8, 4) is 5.75 Å². The van der Waals surface area contributed by atoms with Crippen molar-refractivity contribution in [3.05, 3.63) is 60.3 Å². The molecule has 0 saturated heterocycles. The number of esters is 1. The Morgan fingerprint density at radius 3 is 2.50 bits per heavy atom. The lowest BCUT2D eigenvalue weighted by Crippen LogP contribution is -2.12. The summed E-state index contributed by atoms with van der Waals surface area (Å²) in [6.45, 7) is 4.07. The Morgan fingerprint density at radius 1 is 1.07 bits per heavy atom. The molecule has 1 aromatic heterocycles. The Kier molecular flexibility index (Phi) is 6.16. The number of carbonyl (C=O) groups is 1. The van der Waals surface area contributed by atoms with Crippen molar-refractivity contribution in [2.24, 2.45) is 0 Å². The molecule has 0 aliphatic rings. The number of fused-ring (bicyclic) bond motifs is 1. The van der Waals surface area contributed by atoms with Crippen molar-refractivity contribution in [3.63, 3.8) is 0 Å². The van der Waals surface area contributed by atoms with E-state index in [-0.39, 0.29) is 17.5 Å². The summed E-state index contributed by atoms with van der Waals surface area (Å²) in [5.74, 6) is 0.180. The topological polar surface area (TPSA) is 74.6 Å². The fourth-order valence-corrected chi connectivity index (χ4v) is 3.77. The second kappa shape index (κ2) is 8.58. The first-order valence-corrected chi connectivity index (χ1v) is 10.6. The van der Waals surface area contributed by atoms with Gasteiger partial charge in [0.1, 0.15) is 0 Å². The minimum absolute atomic E-state index is 0.0305. The molecule has 28 heavy (non-hydrogen) atoms. The van der Waals surface area contributed by atoms with E-state index in [0.29, 0.717) is 25.1 Å². The van der Waals surface area contributed by atoms with Gasteiger partial charge in [0.25, 0.3) is 10.1 Å². The van der Waals surface area contributed by atoms with Crippen LogP contribution in [0.15, 0.2) is 59.6 Å². The van der Waals surface area contributed by atoms with Crippen LogP contribution in [-0.4, -0.2) is 25.6 Å². The van der Waals surface area contributed by atoms with E-state index >= 15 is 0 Å². The SMILES string of the molecule is CCCC(=O)Oc1cn(CCOS(=O)(=O)c2ccc(C)cc2)c2ccccc12. The number of para-hydroxylation sites is 1. The summed E-state index contributed by atoms with van der Waals surface area (Å²) in [6, 6.07) is 14.0. The molecule has 0 spiro atoms. The summed E-state index contributed by atoms with van der Waals surface area (Å²) in [5, 5.41) is 0.799. The molecule has 7 heteroatoms. The van der Waals surface area contributed by atoms with Crippen LogP contribution in [0, 0.1) is 6.92 Å². The molecule has 0 N–H and O–H groups in total. The molecule has 3 rings (SSSR count). The van der Waals surface area contributed by atoms with E-state index in [1.165, 1.54) is 12.1 Å². The lowest BCUT2D eigenvalue weighted by molar-refractivity contribution is -0.134. The molecular formula is C21H23NO5S. The lowest BCUT2D eigenvalue weighted by atomic mass is 10.2. The predicted molar refractivity (Wildman–Crippen MR) is 107 cm³/mol. The Bertz CT molecular complexity index is 1070. The van der Waals surface area contributed by atoms with Crippen molar-refractivity contribution in [2.45, 2.75) is 38.1 Å². The highest BCUT2D eigenvalue weighted by atomic mass is 32.2. The number of hydrogen-bond donors (Lipinski definition) is 0. The summed E-state index contributed by atoms with van der Waals surface area (Å²) >= 11 is 0. The van der Waals surface area contributed by atoms with Gasteiger partial charge < -0.3 is 9.30 Å². The van der Waals surface area contributed by atoms with Gasteiger partial charge >= 0.3 is 5.97 Å². The van der Waals surface area contributed by atoms with Crippen LogP contribution in [0.25, 0.3) is 10.9 Å². The average Bonchev–Trinajstić information content (AvgIpc) is 3.00. The van der Waals surface area contributed by atoms with Crippen LogP contribution in [0.2, 0.25) is 0 Å². The Labute approximate surface area is 164 Å². The van der Waals surface area contributed by atoms with Crippen LogP contribution in [0.1, 0.15) is 25.3 Å². The smallest absolute Gasteiger partial charge is 0.311 e. The summed E-state index contributed by atoms with van der Waals surface area (Å²) in [5.41, 5.74) is 1.82. The van der Waals surface area contributed by atoms with Crippen LogP contribution < -0.4 is 4.74 Å². The van der Waals surface area contributed by atoms with Gasteiger partial charge in [-0.2, -0.15) is 8.42 Å². The number of carbonyl (C=O) groups excluding carboxylic acids is 1. The van der Waals surface area contributed by atoms with Gasteiger partial charge in [0.2, 0.25) is 0 Å². The third kappa shape index (κ3) is 4.61. The molecular weight excluding hydrogens is 378 g/mol. The summed E-state index contributed by atoms with van der Waals surface area (Å²) in [6.07, 6.45) is 2.76. The maximum absolute atomic E-state index is 12.3. The Balaban J connectivity index is 1.74.